The fourth-order valence-corrected chi connectivity index (χ4v) is 19.1. The van der Waals surface area contributed by atoms with Crippen LogP contribution in [0.1, 0.15) is 277 Å². The maximum Gasteiger partial charge on any atom is 0.342 e. The van der Waals surface area contributed by atoms with E-state index in [1.807, 2.05) is 121 Å². The lowest BCUT2D eigenvalue weighted by Gasteiger charge is -2.32. The van der Waals surface area contributed by atoms with Gasteiger partial charge in [0.25, 0.3) is 35.4 Å². The molecule has 6 N–H and O–H groups in total. The fraction of sp³-hybridized carbons (Fsp3) is 0.523. The van der Waals surface area contributed by atoms with E-state index in [4.69, 9.17) is 37.9 Å². The van der Waals surface area contributed by atoms with Crippen LogP contribution in [-0.4, -0.2) is 275 Å². The summed E-state index contributed by atoms with van der Waals surface area (Å²) in [6, 6.07) is 22.8. The van der Waals surface area contributed by atoms with E-state index in [1.54, 1.807) is 94.7 Å². The first-order valence-corrected chi connectivity index (χ1v) is 49.0. The number of nitrogens with one attached hydrogen (secondary N) is 6. The van der Waals surface area contributed by atoms with Crippen molar-refractivity contribution in [3.63, 3.8) is 0 Å². The van der Waals surface area contributed by atoms with Crippen molar-refractivity contribution in [3.8, 4) is 11.5 Å². The minimum Gasteiger partial charge on any atom is -0.492 e. The summed E-state index contributed by atoms with van der Waals surface area (Å²) in [7, 11) is 6.14. The molecule has 34 heteroatoms. The largest absolute Gasteiger partial charge is 0.492 e. The molecule has 32 nitrogen and oxygen atoms in total. The molecule has 6 amide bonds. The van der Waals surface area contributed by atoms with Gasteiger partial charge in [-0.3, -0.25) is 59.0 Å². The molecule has 776 valence electrons. The summed E-state index contributed by atoms with van der Waals surface area (Å²) < 4.78 is 72.8. The Bertz CT molecular complexity index is 5820. The smallest absolute Gasteiger partial charge is 0.342 e. The highest BCUT2D eigenvalue weighted by atomic mass is 19.1. The van der Waals surface area contributed by atoms with E-state index in [0.29, 0.717) is 128 Å². The normalized spacial score (nSPS) is 16.6. The molecule has 6 aliphatic rings. The average Bonchev–Trinajstić information content (AvgIpc) is 1.61. The van der Waals surface area contributed by atoms with Crippen LogP contribution in [0.2, 0.25) is 0 Å². The first kappa shape index (κ1) is 113. The zero-order chi connectivity index (χ0) is 104. The van der Waals surface area contributed by atoms with Crippen LogP contribution in [0.25, 0.3) is 22.3 Å². The third-order valence-electron chi connectivity index (χ3n) is 25.8. The van der Waals surface area contributed by atoms with Gasteiger partial charge in [0, 0.05) is 169 Å². The topological polar surface area (TPSA) is 369 Å². The minimum atomic E-state index is -0.594. The second-order valence-electron chi connectivity index (χ2n) is 41.1. The van der Waals surface area contributed by atoms with Crippen molar-refractivity contribution in [2.24, 2.45) is 0 Å². The van der Waals surface area contributed by atoms with Gasteiger partial charge in [0.15, 0.2) is 0 Å². The summed E-state index contributed by atoms with van der Waals surface area (Å²) in [4.78, 5) is 121. The van der Waals surface area contributed by atoms with Gasteiger partial charge in [-0.25, -0.2) is 18.4 Å². The zero-order valence-electron chi connectivity index (χ0n) is 87.7. The van der Waals surface area contributed by atoms with Crippen molar-refractivity contribution in [2.75, 3.05) is 134 Å². The van der Waals surface area contributed by atoms with E-state index in [1.165, 1.54) is 94.0 Å². The molecule has 0 unspecified atom stereocenters. The number of aryl methyl sites for hydroxylation is 6. The quantitative estimate of drug-likeness (QED) is 0.0248. The third kappa shape index (κ3) is 26.6. The summed E-state index contributed by atoms with van der Waals surface area (Å²) in [5.41, 5.74) is 12.0. The Kier molecular flexibility index (Phi) is 38.5. The van der Waals surface area contributed by atoms with Crippen LogP contribution in [0, 0.1) is 53.2 Å². The molecule has 0 aliphatic carbocycles. The molecular weight excluding hydrogens is 1830 g/mol. The van der Waals surface area contributed by atoms with E-state index in [2.05, 4.69) is 75.1 Å². The number of likely N-dealkylation sites (tertiary alicyclic amines) is 2. The van der Waals surface area contributed by atoms with Gasteiger partial charge in [0.2, 0.25) is 0 Å². The van der Waals surface area contributed by atoms with Gasteiger partial charge in [0.05, 0.1) is 95.2 Å². The molecule has 4 aromatic carbocycles. The summed E-state index contributed by atoms with van der Waals surface area (Å²) in [5.74, 6) is -2.04. The molecule has 6 aliphatic heterocycles. The van der Waals surface area contributed by atoms with Gasteiger partial charge in [-0.05, 0) is 245 Å². The van der Waals surface area contributed by atoms with E-state index < -0.39 is 33.6 Å². The lowest BCUT2D eigenvalue weighted by Crippen LogP contribution is -2.41. The molecule has 0 spiro atoms. The number of methoxy groups -OCH3 is 4. The predicted molar refractivity (Wildman–Crippen MR) is 547 cm³/mol. The summed E-state index contributed by atoms with van der Waals surface area (Å²) in [6.45, 7) is 50.5. The predicted octanol–water partition coefficient (Wildman–Crippen LogP) is 16.2. The van der Waals surface area contributed by atoms with Crippen LogP contribution in [0.4, 0.5) is 8.78 Å². The monoisotopic (exact) mass is 1980 g/mol. The van der Waals surface area contributed by atoms with Crippen molar-refractivity contribution in [3.05, 3.63) is 221 Å². The number of nitrogens with zero attached hydrogens (tertiary/aromatic N) is 10. The highest BCUT2D eigenvalue weighted by molar-refractivity contribution is 6.24. The first-order chi connectivity index (χ1) is 67.2. The standard InChI is InChI=1S/C30H43N5O4.C30H42N4O5.C24H31FN4O3.C24H30FN3O4.CH4/c1-20(2)31-28(36)26-24(18-38-6)35(19-30(4,5)27-25(26)21(3)32-33-27)29(37)22-10-12-23(13-11-22)39-17-16-34-14-8-7-9-15-34;1-20(2)39-29(36)25-24(18-37-6)34(19-30(4,5)26-21(3)31-32-27(25)26)28(35)22-10-12-23(13-11-22)38-17-16-33-14-8-7-9-15-33;1-13(2)26-22(30)20-18(11-32-7)29(23(31)16-8-9-17(25)14(3)10-16)12-24(5,6)21-19(20)15(4)27-28-21;1-13(2)32-23(30)20-18(11-31-7)28(22(29)16-8-9-17(25)14(3)10-16)12-24(5,6)21-19(20)15(4)26-27-21;/h10-13,20H,7-9,14-19H2,1-6H3,(H,31,36)(H,32,33);10-13,20H,7-9,14-19H2,1-6H3,(H,31,32);8-10,13H,11-12H2,1-7H3,(H,26,30)(H,27,28);8-10,13H,11-12H2,1-7H3,(H,26,27);1H4. The number of H-pyrrole nitrogens is 4. The average molecular weight is 1980 g/mol. The maximum absolute atomic E-state index is 14.0. The molecule has 14 rings (SSSR count). The van der Waals surface area contributed by atoms with Gasteiger partial charge in [-0.2, -0.15) is 20.4 Å². The molecule has 10 heterocycles. The number of fused-ring (bicyclic) bond motifs is 4. The van der Waals surface area contributed by atoms with Gasteiger partial charge >= 0.3 is 11.9 Å². The van der Waals surface area contributed by atoms with E-state index in [9.17, 15) is 47.1 Å². The second-order valence-corrected chi connectivity index (χ2v) is 41.1. The maximum atomic E-state index is 14.0. The number of halogens is 2. The van der Waals surface area contributed by atoms with Crippen molar-refractivity contribution in [2.45, 2.75) is 244 Å². The molecule has 2 saturated heterocycles. The van der Waals surface area contributed by atoms with E-state index in [-0.39, 0.29) is 129 Å². The molecule has 0 atom stereocenters. The van der Waals surface area contributed by atoms with E-state index in [0.717, 1.165) is 84.7 Å². The van der Waals surface area contributed by atoms with Crippen molar-refractivity contribution < 1.29 is 85.0 Å². The van der Waals surface area contributed by atoms with Crippen LogP contribution in [-0.2, 0) is 69.3 Å². The Balaban J connectivity index is 0.000000196. The lowest BCUT2D eigenvalue weighted by atomic mass is 9.82. The number of piperidine rings is 2. The number of esters is 2. The lowest BCUT2D eigenvalue weighted by molar-refractivity contribution is -0.141. The Morgan fingerprint density at radius 3 is 1.00 bits per heavy atom. The van der Waals surface area contributed by atoms with Gasteiger partial charge in [-0.1, -0.05) is 75.7 Å². The summed E-state index contributed by atoms with van der Waals surface area (Å²) in [6.07, 6.45) is 6.95. The molecule has 0 saturated carbocycles. The number of carbonyl (C=O) groups excluding carboxylic acids is 8. The summed E-state index contributed by atoms with van der Waals surface area (Å²) >= 11 is 0. The van der Waals surface area contributed by atoms with Gasteiger partial charge < -0.3 is 68.1 Å². The number of amides is 6. The number of ether oxygens (including phenoxy) is 8. The van der Waals surface area contributed by atoms with E-state index >= 15 is 0 Å². The number of rotatable bonds is 28. The number of hydrogen-bond acceptors (Lipinski definition) is 22. The van der Waals surface area contributed by atoms with Crippen LogP contribution in [0.5, 0.6) is 11.5 Å². The number of hydrogen-bond donors (Lipinski definition) is 6. The SMILES string of the molecule is C.COCC1=C(C(=O)NC(C)C)c2c(n[nH]c2C)C(C)(C)CN1C(=O)c1ccc(F)c(C)c1.COCC1=C(C(=O)NC(C)C)c2c(n[nH]c2C)C(C)(C)CN1C(=O)c1ccc(OCCN2CCCCC2)cc1.COCC1=C(C(=O)OC(C)C)c2c(n[nH]c2C)C(C)(C)CN1C(=O)c1ccc(F)c(C)c1.COCC1=C(C(=O)OC(C)C)c2n[nH]c(C)c2C(C)(C)CN1C(=O)c1ccc(OCCN2CCCCC2)cc1. The third-order valence-corrected chi connectivity index (χ3v) is 25.8. The van der Waals surface area contributed by atoms with Crippen molar-refractivity contribution in [1.82, 2.24) is 80.8 Å². The number of aromatic amines is 4. The summed E-state index contributed by atoms with van der Waals surface area (Å²) in [5, 5.41) is 36.1. The molecule has 143 heavy (non-hydrogen) atoms. The number of benzene rings is 4. The zero-order valence-corrected chi connectivity index (χ0v) is 87.7. The Morgan fingerprint density at radius 2 is 0.678 bits per heavy atom. The molecule has 2 fully saturated rings. The number of carbonyl (C=O) groups is 8. The Morgan fingerprint density at radius 1 is 0.385 bits per heavy atom. The Hall–Kier alpha value is -12.3. The van der Waals surface area contributed by atoms with Crippen molar-refractivity contribution in [1.29, 1.82) is 0 Å². The molecule has 4 aromatic heterocycles. The second kappa shape index (κ2) is 48.8. The van der Waals surface area contributed by atoms with Crippen LogP contribution < -0.4 is 20.1 Å². The fourth-order valence-electron chi connectivity index (χ4n) is 19.1. The van der Waals surface area contributed by atoms with Crippen LogP contribution in [0.15, 0.2) is 108 Å². The van der Waals surface area contributed by atoms with Gasteiger partial charge in [-0.15, -0.1) is 0 Å². The van der Waals surface area contributed by atoms with Crippen molar-refractivity contribution >= 4 is 69.7 Å². The first-order valence-electron chi connectivity index (χ1n) is 49.0. The molecule has 0 radical (unpaired) electrons. The highest BCUT2D eigenvalue weighted by Crippen LogP contribution is 2.46. The Labute approximate surface area is 840 Å². The number of aromatic nitrogens is 8. The van der Waals surface area contributed by atoms with Gasteiger partial charge in [0.1, 0.15) is 47.6 Å². The molecule has 0 bridgehead atoms. The highest BCUT2D eigenvalue weighted by Gasteiger charge is 2.48. The van der Waals surface area contributed by atoms with Crippen LogP contribution >= 0.6 is 0 Å². The molecular formula is C109H150F2N16O16. The van der Waals surface area contributed by atoms with Crippen LogP contribution in [0.3, 0.4) is 0 Å². The molecule has 8 aromatic rings. The minimum absolute atomic E-state index is 0.